The molecule has 0 aliphatic carbocycles. The Hall–Kier alpha value is -2.29. The molecule has 0 heterocycles. The molecular weight excluding hydrogens is 298 g/mol. The van der Waals surface area contributed by atoms with Crippen LogP contribution in [-0.2, 0) is 10.2 Å². The topological polar surface area (TPSA) is 38.3 Å². The van der Waals surface area contributed by atoms with Crippen LogP contribution in [-0.4, -0.2) is 12.5 Å². The van der Waals surface area contributed by atoms with Gasteiger partial charge in [-0.25, -0.2) is 0 Å². The minimum atomic E-state index is -0.151. The summed E-state index contributed by atoms with van der Waals surface area (Å²) in [7, 11) is 0. The largest absolute Gasteiger partial charge is 0.484 e. The first-order chi connectivity index (χ1) is 11.3. The number of carbonyl (C=O) groups excluding carboxylic acids is 1. The average Bonchev–Trinajstić information content (AvgIpc) is 2.56. The zero-order valence-corrected chi connectivity index (χ0v) is 15.3. The third-order valence-electron chi connectivity index (χ3n) is 4.56. The SMILES string of the molecule is CCC(C)(C)c1ccc(OCC(=O)Nc2cc(C)ccc2C)cc1. The molecule has 0 atom stereocenters. The maximum absolute atomic E-state index is 12.1. The molecule has 24 heavy (non-hydrogen) atoms. The molecule has 1 amide bonds. The van der Waals surface area contributed by atoms with Gasteiger partial charge in [-0.1, -0.05) is 45.0 Å². The maximum atomic E-state index is 12.1. The summed E-state index contributed by atoms with van der Waals surface area (Å²) in [5.74, 6) is 0.559. The first kappa shape index (κ1) is 18.1. The second-order valence-electron chi connectivity index (χ2n) is 6.92. The molecule has 128 valence electrons. The summed E-state index contributed by atoms with van der Waals surface area (Å²) in [6.45, 7) is 10.6. The van der Waals surface area contributed by atoms with Crippen molar-refractivity contribution < 1.29 is 9.53 Å². The predicted molar refractivity (Wildman–Crippen MR) is 99.8 cm³/mol. The van der Waals surface area contributed by atoms with Crippen LogP contribution in [0, 0.1) is 13.8 Å². The Labute approximate surface area is 145 Å². The van der Waals surface area contributed by atoms with Gasteiger partial charge in [0.1, 0.15) is 5.75 Å². The minimum absolute atomic E-state index is 0.00387. The summed E-state index contributed by atoms with van der Waals surface area (Å²) < 4.78 is 5.60. The van der Waals surface area contributed by atoms with Crippen LogP contribution >= 0.6 is 0 Å². The third-order valence-corrected chi connectivity index (χ3v) is 4.56. The van der Waals surface area contributed by atoms with E-state index >= 15 is 0 Å². The number of ether oxygens (including phenoxy) is 1. The molecule has 0 spiro atoms. The standard InChI is InChI=1S/C21H27NO2/c1-6-21(4,5)17-9-11-18(12-10-17)24-14-20(23)22-19-13-15(2)7-8-16(19)3/h7-13H,6,14H2,1-5H3,(H,22,23). The lowest BCUT2D eigenvalue weighted by Gasteiger charge is -2.23. The van der Waals surface area contributed by atoms with E-state index in [4.69, 9.17) is 4.74 Å². The Kier molecular flexibility index (Phi) is 5.66. The highest BCUT2D eigenvalue weighted by Gasteiger charge is 2.17. The molecule has 0 aromatic heterocycles. The first-order valence-electron chi connectivity index (χ1n) is 8.42. The molecule has 0 saturated heterocycles. The molecule has 0 radical (unpaired) electrons. The molecule has 3 heteroatoms. The lowest BCUT2D eigenvalue weighted by atomic mass is 9.82. The van der Waals surface area contributed by atoms with Gasteiger partial charge in [0.05, 0.1) is 0 Å². The predicted octanol–water partition coefficient (Wildman–Crippen LogP) is 5.01. The van der Waals surface area contributed by atoms with Gasteiger partial charge in [-0.05, 0) is 60.6 Å². The van der Waals surface area contributed by atoms with Gasteiger partial charge in [0.25, 0.3) is 5.91 Å². The number of nitrogens with one attached hydrogen (secondary N) is 1. The fraction of sp³-hybridized carbons (Fsp3) is 0.381. The number of hydrogen-bond acceptors (Lipinski definition) is 2. The van der Waals surface area contributed by atoms with Gasteiger partial charge in [-0.15, -0.1) is 0 Å². The monoisotopic (exact) mass is 325 g/mol. The molecule has 2 rings (SSSR count). The van der Waals surface area contributed by atoms with Gasteiger partial charge in [0, 0.05) is 5.69 Å². The van der Waals surface area contributed by atoms with Crippen LogP contribution < -0.4 is 10.1 Å². The van der Waals surface area contributed by atoms with E-state index < -0.39 is 0 Å². The zero-order chi connectivity index (χ0) is 17.7. The van der Waals surface area contributed by atoms with Crippen molar-refractivity contribution in [3.8, 4) is 5.75 Å². The highest BCUT2D eigenvalue weighted by molar-refractivity contribution is 5.92. The van der Waals surface area contributed by atoms with Crippen molar-refractivity contribution in [1.29, 1.82) is 0 Å². The van der Waals surface area contributed by atoms with Gasteiger partial charge < -0.3 is 10.1 Å². The van der Waals surface area contributed by atoms with Crippen LogP contribution in [0.1, 0.15) is 43.9 Å². The van der Waals surface area contributed by atoms with Crippen molar-refractivity contribution in [2.24, 2.45) is 0 Å². The molecule has 2 aromatic rings. The van der Waals surface area contributed by atoms with Crippen molar-refractivity contribution in [1.82, 2.24) is 0 Å². The summed E-state index contributed by atoms with van der Waals surface area (Å²) >= 11 is 0. The summed E-state index contributed by atoms with van der Waals surface area (Å²) in [6.07, 6.45) is 1.07. The highest BCUT2D eigenvalue weighted by atomic mass is 16.5. The molecule has 3 nitrogen and oxygen atoms in total. The molecule has 0 fully saturated rings. The van der Waals surface area contributed by atoms with Crippen LogP contribution in [0.4, 0.5) is 5.69 Å². The maximum Gasteiger partial charge on any atom is 0.262 e. The van der Waals surface area contributed by atoms with Crippen molar-refractivity contribution >= 4 is 11.6 Å². The van der Waals surface area contributed by atoms with Crippen molar-refractivity contribution in [3.05, 3.63) is 59.2 Å². The van der Waals surface area contributed by atoms with E-state index in [1.54, 1.807) is 0 Å². The number of aryl methyl sites for hydroxylation is 2. The molecule has 0 bridgehead atoms. The van der Waals surface area contributed by atoms with Crippen molar-refractivity contribution in [2.75, 3.05) is 11.9 Å². The first-order valence-corrected chi connectivity index (χ1v) is 8.42. The summed E-state index contributed by atoms with van der Waals surface area (Å²) in [5.41, 5.74) is 4.42. The smallest absolute Gasteiger partial charge is 0.262 e. The van der Waals surface area contributed by atoms with E-state index in [0.29, 0.717) is 5.75 Å². The minimum Gasteiger partial charge on any atom is -0.484 e. The Bertz CT molecular complexity index is 702. The van der Waals surface area contributed by atoms with E-state index in [1.165, 1.54) is 5.56 Å². The van der Waals surface area contributed by atoms with Gasteiger partial charge >= 0.3 is 0 Å². The fourth-order valence-corrected chi connectivity index (χ4v) is 2.41. The van der Waals surface area contributed by atoms with Gasteiger partial charge in [-0.3, -0.25) is 4.79 Å². The Balaban J connectivity index is 1.93. The normalized spacial score (nSPS) is 11.2. The second-order valence-corrected chi connectivity index (χ2v) is 6.92. The molecule has 0 unspecified atom stereocenters. The van der Waals surface area contributed by atoms with E-state index in [0.717, 1.165) is 23.2 Å². The molecule has 0 aliphatic rings. The molecule has 1 N–H and O–H groups in total. The summed E-state index contributed by atoms with van der Waals surface area (Å²) in [6, 6.07) is 14.0. The van der Waals surface area contributed by atoms with Crippen LogP contribution in [0.3, 0.4) is 0 Å². The van der Waals surface area contributed by atoms with E-state index in [2.05, 4.69) is 38.2 Å². The molecular formula is C21H27NO2. The fourth-order valence-electron chi connectivity index (χ4n) is 2.41. The second kappa shape index (κ2) is 7.52. The zero-order valence-electron chi connectivity index (χ0n) is 15.3. The summed E-state index contributed by atoms with van der Waals surface area (Å²) in [5, 5.41) is 2.90. The third kappa shape index (κ3) is 4.60. The van der Waals surface area contributed by atoms with Gasteiger partial charge in [0.2, 0.25) is 0 Å². The number of benzene rings is 2. The van der Waals surface area contributed by atoms with Crippen LogP contribution in [0.2, 0.25) is 0 Å². The van der Waals surface area contributed by atoms with Gasteiger partial charge in [0.15, 0.2) is 6.61 Å². The van der Waals surface area contributed by atoms with Crippen LogP contribution in [0.25, 0.3) is 0 Å². The van der Waals surface area contributed by atoms with Crippen LogP contribution in [0.15, 0.2) is 42.5 Å². The number of anilines is 1. The lowest BCUT2D eigenvalue weighted by molar-refractivity contribution is -0.118. The number of amides is 1. The number of carbonyl (C=O) groups is 1. The average molecular weight is 325 g/mol. The Morgan fingerprint density at radius 2 is 1.75 bits per heavy atom. The number of hydrogen-bond donors (Lipinski definition) is 1. The highest BCUT2D eigenvalue weighted by Crippen LogP contribution is 2.28. The quantitative estimate of drug-likeness (QED) is 0.811. The lowest BCUT2D eigenvalue weighted by Crippen LogP contribution is -2.21. The molecule has 0 saturated carbocycles. The van der Waals surface area contributed by atoms with E-state index in [9.17, 15) is 4.79 Å². The van der Waals surface area contributed by atoms with Crippen molar-refractivity contribution in [3.63, 3.8) is 0 Å². The Morgan fingerprint density at radius 1 is 1.08 bits per heavy atom. The Morgan fingerprint density at radius 3 is 2.38 bits per heavy atom. The van der Waals surface area contributed by atoms with E-state index in [1.807, 2.05) is 44.2 Å². The number of rotatable bonds is 6. The van der Waals surface area contributed by atoms with Crippen LogP contribution in [0.5, 0.6) is 5.75 Å². The van der Waals surface area contributed by atoms with E-state index in [-0.39, 0.29) is 17.9 Å². The molecule has 0 aliphatic heterocycles. The van der Waals surface area contributed by atoms with Gasteiger partial charge in [-0.2, -0.15) is 0 Å². The molecule has 2 aromatic carbocycles. The van der Waals surface area contributed by atoms with Crippen molar-refractivity contribution in [2.45, 2.75) is 46.5 Å². The summed E-state index contributed by atoms with van der Waals surface area (Å²) in [4.78, 5) is 12.1.